The van der Waals surface area contributed by atoms with E-state index >= 15 is 0 Å². The molecule has 0 spiro atoms. The monoisotopic (exact) mass is 804 g/mol. The second-order valence-corrected chi connectivity index (χ2v) is 17.0. The van der Waals surface area contributed by atoms with Crippen LogP contribution in [0.15, 0.2) is 218 Å². The first kappa shape index (κ1) is 35.9. The predicted molar refractivity (Wildman–Crippen MR) is 265 cm³/mol. The van der Waals surface area contributed by atoms with E-state index in [0.717, 1.165) is 28.2 Å². The minimum Gasteiger partial charge on any atom is -0.309 e. The number of nitrogens with zero attached hydrogens (tertiary/aromatic N) is 2. The molecule has 11 aromatic carbocycles. The van der Waals surface area contributed by atoms with Crippen molar-refractivity contribution in [3.05, 3.63) is 224 Å². The molecule has 0 saturated heterocycles. The van der Waals surface area contributed by atoms with Gasteiger partial charge in [-0.25, -0.2) is 0 Å². The molecular weight excluding hydrogens is 769 g/mol. The van der Waals surface area contributed by atoms with Crippen LogP contribution in [0, 0.1) is 11.3 Å². The van der Waals surface area contributed by atoms with Crippen LogP contribution in [0.1, 0.15) is 5.56 Å². The normalized spacial score (nSPS) is 11.5. The molecule has 0 radical (unpaired) electrons. The Morgan fingerprint density at radius 3 is 1.50 bits per heavy atom. The molecule has 1 heterocycles. The van der Waals surface area contributed by atoms with Crippen LogP contribution in [-0.4, -0.2) is 0 Å². The van der Waals surface area contributed by atoms with Crippen LogP contribution < -0.4 is 4.90 Å². The van der Waals surface area contributed by atoms with E-state index < -0.39 is 0 Å². The molecule has 0 N–H and O–H groups in total. The van der Waals surface area contributed by atoms with Crippen LogP contribution >= 0.6 is 11.3 Å². The van der Waals surface area contributed by atoms with Gasteiger partial charge >= 0.3 is 0 Å². The molecule has 12 rings (SSSR count). The van der Waals surface area contributed by atoms with E-state index in [1.54, 1.807) is 0 Å². The highest BCUT2D eigenvalue weighted by atomic mass is 32.1. The Balaban J connectivity index is 1.07. The molecule has 0 atom stereocenters. The third-order valence-electron chi connectivity index (χ3n) is 12.5. The zero-order valence-corrected chi connectivity index (χ0v) is 34.4. The standard InChI is InChI=1S/C59H36N2S/c60-37-38-26-31-43(32-27-38)61(55-24-11-23-53-47-18-7-8-25-56(47)62-59(53)55)44-33-28-39(29-34-44)42-30-35-52-54(36-42)58(49-22-10-15-41-13-2-4-17-46(41)49)51-20-6-5-19-50(51)57(52)48-21-9-14-40-12-1-3-16-45(40)48/h1-36H. The molecule has 0 unspecified atom stereocenters. The van der Waals surface area contributed by atoms with E-state index in [9.17, 15) is 5.26 Å². The molecular formula is C59H36N2S. The smallest absolute Gasteiger partial charge is 0.0991 e. The first-order valence-corrected chi connectivity index (χ1v) is 21.8. The average molecular weight is 805 g/mol. The lowest BCUT2D eigenvalue weighted by Gasteiger charge is -2.26. The van der Waals surface area contributed by atoms with Crippen LogP contribution in [0.4, 0.5) is 17.1 Å². The van der Waals surface area contributed by atoms with E-state index in [1.807, 2.05) is 23.5 Å². The zero-order valence-electron chi connectivity index (χ0n) is 33.6. The fraction of sp³-hybridized carbons (Fsp3) is 0. The van der Waals surface area contributed by atoms with Gasteiger partial charge in [-0.1, -0.05) is 164 Å². The number of thiophene rings is 1. The van der Waals surface area contributed by atoms with Crippen molar-refractivity contribution in [2.45, 2.75) is 0 Å². The van der Waals surface area contributed by atoms with Crippen LogP contribution in [0.25, 0.3) is 96.6 Å². The third-order valence-corrected chi connectivity index (χ3v) is 13.7. The zero-order chi connectivity index (χ0) is 41.1. The van der Waals surface area contributed by atoms with Gasteiger partial charge in [0.1, 0.15) is 0 Å². The molecule has 0 saturated carbocycles. The summed E-state index contributed by atoms with van der Waals surface area (Å²) in [5, 5.41) is 22.0. The second kappa shape index (κ2) is 14.6. The predicted octanol–water partition coefficient (Wildman–Crippen LogP) is 17.0. The van der Waals surface area contributed by atoms with E-state index in [4.69, 9.17) is 0 Å². The summed E-state index contributed by atoms with van der Waals surface area (Å²) in [6.07, 6.45) is 0. The van der Waals surface area contributed by atoms with Gasteiger partial charge in [-0.2, -0.15) is 5.26 Å². The largest absolute Gasteiger partial charge is 0.309 e. The van der Waals surface area contributed by atoms with Crippen molar-refractivity contribution in [1.29, 1.82) is 5.26 Å². The van der Waals surface area contributed by atoms with Gasteiger partial charge in [-0.05, 0) is 131 Å². The summed E-state index contributed by atoms with van der Waals surface area (Å²) in [4.78, 5) is 2.32. The number of fused-ring (bicyclic) bond motifs is 7. The number of rotatable bonds is 6. The Bertz CT molecular complexity index is 3750. The van der Waals surface area contributed by atoms with Crippen molar-refractivity contribution in [3.63, 3.8) is 0 Å². The SMILES string of the molecule is N#Cc1ccc(N(c2ccc(-c3ccc4c(-c5cccc6ccccc56)c5ccccc5c(-c5cccc6ccccc56)c4c3)cc2)c2cccc3c2sc2ccccc23)cc1. The number of hydrogen-bond acceptors (Lipinski definition) is 3. The van der Waals surface area contributed by atoms with Gasteiger partial charge in [0.15, 0.2) is 0 Å². The summed E-state index contributed by atoms with van der Waals surface area (Å²) in [5.74, 6) is 0. The first-order valence-electron chi connectivity index (χ1n) is 21.0. The number of benzene rings is 11. The highest BCUT2D eigenvalue weighted by Crippen LogP contribution is 2.49. The Hall–Kier alpha value is -8.03. The Kier molecular flexibility index (Phi) is 8.45. The topological polar surface area (TPSA) is 27.0 Å². The van der Waals surface area contributed by atoms with Crippen LogP contribution in [0.5, 0.6) is 0 Å². The van der Waals surface area contributed by atoms with Gasteiger partial charge in [0.2, 0.25) is 0 Å². The molecule has 62 heavy (non-hydrogen) atoms. The summed E-state index contributed by atoms with van der Waals surface area (Å²) in [6, 6.07) is 81.3. The average Bonchev–Trinajstić information content (AvgIpc) is 3.73. The third kappa shape index (κ3) is 5.77. The van der Waals surface area contributed by atoms with E-state index in [0.29, 0.717) is 5.56 Å². The molecule has 288 valence electrons. The van der Waals surface area contributed by atoms with Crippen LogP contribution in [0.2, 0.25) is 0 Å². The molecule has 3 heteroatoms. The van der Waals surface area contributed by atoms with Gasteiger partial charge in [-0.3, -0.25) is 0 Å². The molecule has 0 aliphatic heterocycles. The summed E-state index contributed by atoms with van der Waals surface area (Å²) < 4.78 is 2.49. The summed E-state index contributed by atoms with van der Waals surface area (Å²) in [7, 11) is 0. The van der Waals surface area contributed by atoms with Gasteiger partial charge < -0.3 is 4.90 Å². The van der Waals surface area contributed by atoms with Crippen molar-refractivity contribution >= 4 is 91.7 Å². The summed E-state index contributed by atoms with van der Waals surface area (Å²) in [5.41, 5.74) is 11.1. The number of hydrogen-bond donors (Lipinski definition) is 0. The lowest BCUT2D eigenvalue weighted by molar-refractivity contribution is 1.30. The summed E-state index contributed by atoms with van der Waals surface area (Å²) >= 11 is 1.82. The lowest BCUT2D eigenvalue weighted by Crippen LogP contribution is -2.10. The van der Waals surface area contributed by atoms with Crippen LogP contribution in [0.3, 0.4) is 0 Å². The highest BCUT2D eigenvalue weighted by molar-refractivity contribution is 7.26. The van der Waals surface area contributed by atoms with E-state index in [1.165, 1.54) is 85.5 Å². The van der Waals surface area contributed by atoms with Crippen molar-refractivity contribution in [2.75, 3.05) is 4.90 Å². The number of anilines is 3. The summed E-state index contributed by atoms with van der Waals surface area (Å²) in [6.45, 7) is 0. The number of nitriles is 1. The minimum atomic E-state index is 0.639. The van der Waals surface area contributed by atoms with Crippen molar-refractivity contribution in [3.8, 4) is 39.4 Å². The van der Waals surface area contributed by atoms with Crippen molar-refractivity contribution in [1.82, 2.24) is 0 Å². The minimum absolute atomic E-state index is 0.639. The molecule has 2 nitrogen and oxygen atoms in total. The van der Waals surface area contributed by atoms with E-state index in [2.05, 4.69) is 217 Å². The highest BCUT2D eigenvalue weighted by Gasteiger charge is 2.21. The molecule has 0 amide bonds. The Morgan fingerprint density at radius 1 is 0.371 bits per heavy atom. The fourth-order valence-corrected chi connectivity index (χ4v) is 10.9. The van der Waals surface area contributed by atoms with Crippen molar-refractivity contribution < 1.29 is 0 Å². The Morgan fingerprint density at radius 2 is 0.855 bits per heavy atom. The van der Waals surface area contributed by atoms with Crippen LogP contribution in [-0.2, 0) is 0 Å². The lowest BCUT2D eigenvalue weighted by atomic mass is 9.83. The molecule has 0 bridgehead atoms. The second-order valence-electron chi connectivity index (χ2n) is 15.9. The molecule has 1 aromatic heterocycles. The molecule has 0 aliphatic carbocycles. The van der Waals surface area contributed by atoms with Gasteiger partial charge in [-0.15, -0.1) is 11.3 Å². The maximum atomic E-state index is 9.66. The molecule has 0 fully saturated rings. The Labute approximate surface area is 363 Å². The maximum Gasteiger partial charge on any atom is 0.0991 e. The maximum absolute atomic E-state index is 9.66. The van der Waals surface area contributed by atoms with Gasteiger partial charge in [0.05, 0.1) is 22.0 Å². The molecule has 0 aliphatic rings. The van der Waals surface area contributed by atoms with Gasteiger partial charge in [0, 0.05) is 26.8 Å². The molecule has 12 aromatic rings. The van der Waals surface area contributed by atoms with Crippen molar-refractivity contribution in [2.24, 2.45) is 0 Å². The first-order chi connectivity index (χ1) is 30.7. The fourth-order valence-electron chi connectivity index (χ4n) is 9.65. The quantitative estimate of drug-likeness (QED) is 0.157. The van der Waals surface area contributed by atoms with Gasteiger partial charge in [0.25, 0.3) is 0 Å². The van der Waals surface area contributed by atoms with E-state index in [-0.39, 0.29) is 0 Å².